The highest BCUT2D eigenvalue weighted by atomic mass is 35.5. The van der Waals surface area contributed by atoms with Gasteiger partial charge in [0.25, 0.3) is 5.91 Å². The zero-order valence-corrected chi connectivity index (χ0v) is 15.7. The fraction of sp³-hybridized carbons (Fsp3) is 0.263. The van der Waals surface area contributed by atoms with Crippen LogP contribution in [0.15, 0.2) is 42.5 Å². The molecule has 0 aromatic heterocycles. The predicted octanol–water partition coefficient (Wildman–Crippen LogP) is 4.79. The van der Waals surface area contributed by atoms with Crippen LogP contribution < -0.4 is 5.32 Å². The molecule has 0 unspecified atom stereocenters. The number of amides is 2. The van der Waals surface area contributed by atoms with Gasteiger partial charge in [0.1, 0.15) is 6.54 Å². The molecule has 0 saturated carbocycles. The summed E-state index contributed by atoms with van der Waals surface area (Å²) in [5, 5.41) is 3.57. The second-order valence-electron chi connectivity index (χ2n) is 5.77. The molecule has 1 N–H and O–H groups in total. The van der Waals surface area contributed by atoms with Gasteiger partial charge in [-0.15, -0.1) is 0 Å². The normalized spacial score (nSPS) is 10.4. The van der Waals surface area contributed by atoms with Crippen LogP contribution in [0.4, 0.5) is 5.69 Å². The third-order valence-electron chi connectivity index (χ3n) is 3.59. The number of aryl methyl sites for hydroxylation is 1. The predicted molar refractivity (Wildman–Crippen MR) is 102 cm³/mol. The largest absolute Gasteiger partial charge is 0.329 e. The molecule has 0 atom stereocenters. The highest BCUT2D eigenvalue weighted by Crippen LogP contribution is 2.25. The maximum Gasteiger partial charge on any atom is 0.254 e. The maximum absolute atomic E-state index is 12.7. The number of nitrogens with one attached hydrogen (secondary N) is 1. The van der Waals surface area contributed by atoms with Crippen molar-refractivity contribution in [1.29, 1.82) is 0 Å². The minimum Gasteiger partial charge on any atom is -0.329 e. The van der Waals surface area contributed by atoms with Crippen molar-refractivity contribution >= 4 is 40.7 Å². The fourth-order valence-electron chi connectivity index (χ4n) is 2.44. The number of hydrogen-bond donors (Lipinski definition) is 1. The van der Waals surface area contributed by atoms with Crippen LogP contribution in [0.5, 0.6) is 0 Å². The molecule has 0 aliphatic carbocycles. The van der Waals surface area contributed by atoms with Gasteiger partial charge in [0.05, 0.1) is 10.7 Å². The van der Waals surface area contributed by atoms with Crippen LogP contribution in [0.1, 0.15) is 29.3 Å². The molecule has 2 amide bonds. The van der Waals surface area contributed by atoms with Gasteiger partial charge in [-0.1, -0.05) is 47.8 Å². The summed E-state index contributed by atoms with van der Waals surface area (Å²) in [6.45, 7) is 4.34. The molecule has 0 fully saturated rings. The highest BCUT2D eigenvalue weighted by molar-refractivity contribution is 6.36. The van der Waals surface area contributed by atoms with E-state index in [1.165, 1.54) is 4.90 Å². The molecule has 0 aliphatic rings. The molecular weight excluding hydrogens is 359 g/mol. The number of nitrogens with zero attached hydrogens (tertiary/aromatic N) is 1. The molecule has 0 saturated heterocycles. The van der Waals surface area contributed by atoms with Crippen molar-refractivity contribution in [1.82, 2.24) is 4.90 Å². The maximum atomic E-state index is 12.7. The van der Waals surface area contributed by atoms with E-state index in [9.17, 15) is 9.59 Å². The van der Waals surface area contributed by atoms with Gasteiger partial charge in [-0.2, -0.15) is 0 Å². The number of carbonyl (C=O) groups excluding carboxylic acids is 2. The van der Waals surface area contributed by atoms with Crippen LogP contribution in [0.2, 0.25) is 10.0 Å². The zero-order chi connectivity index (χ0) is 18.4. The highest BCUT2D eigenvalue weighted by Gasteiger charge is 2.19. The number of halogens is 2. The first kappa shape index (κ1) is 19.3. The van der Waals surface area contributed by atoms with Crippen molar-refractivity contribution in [3.8, 4) is 0 Å². The van der Waals surface area contributed by atoms with Crippen molar-refractivity contribution in [3.05, 3.63) is 63.6 Å². The van der Waals surface area contributed by atoms with E-state index in [4.69, 9.17) is 23.2 Å². The van der Waals surface area contributed by atoms with Gasteiger partial charge in [-0.25, -0.2) is 0 Å². The molecule has 0 bridgehead atoms. The Bertz CT molecular complexity index is 778. The molecule has 2 aromatic carbocycles. The minimum absolute atomic E-state index is 0.0421. The average molecular weight is 379 g/mol. The summed E-state index contributed by atoms with van der Waals surface area (Å²) in [5.74, 6) is -0.471. The lowest BCUT2D eigenvalue weighted by Gasteiger charge is -2.22. The molecule has 25 heavy (non-hydrogen) atoms. The van der Waals surface area contributed by atoms with E-state index in [1.807, 2.05) is 32.0 Å². The summed E-state index contributed by atoms with van der Waals surface area (Å²) >= 11 is 11.9. The Labute approximate surface area is 157 Å². The zero-order valence-electron chi connectivity index (χ0n) is 14.2. The minimum atomic E-state index is -0.307. The molecule has 132 valence electrons. The van der Waals surface area contributed by atoms with Gasteiger partial charge in [0.15, 0.2) is 0 Å². The summed E-state index contributed by atoms with van der Waals surface area (Å²) in [6.07, 6.45) is 0.756. The summed E-state index contributed by atoms with van der Waals surface area (Å²) in [4.78, 5) is 26.6. The lowest BCUT2D eigenvalue weighted by Crippen LogP contribution is -2.38. The van der Waals surface area contributed by atoms with Gasteiger partial charge in [-0.3, -0.25) is 9.59 Å². The van der Waals surface area contributed by atoms with Crippen molar-refractivity contribution < 1.29 is 9.59 Å². The lowest BCUT2D eigenvalue weighted by atomic mass is 10.1. The van der Waals surface area contributed by atoms with E-state index in [0.717, 1.165) is 12.0 Å². The van der Waals surface area contributed by atoms with Crippen LogP contribution in [-0.4, -0.2) is 29.8 Å². The third kappa shape index (κ3) is 5.48. The second kappa shape index (κ2) is 8.88. The van der Waals surface area contributed by atoms with Crippen molar-refractivity contribution in [2.45, 2.75) is 20.3 Å². The average Bonchev–Trinajstić information content (AvgIpc) is 2.56. The van der Waals surface area contributed by atoms with E-state index in [0.29, 0.717) is 27.8 Å². The topological polar surface area (TPSA) is 49.4 Å². The Morgan fingerprint density at radius 1 is 1.12 bits per heavy atom. The van der Waals surface area contributed by atoms with E-state index in [-0.39, 0.29) is 18.4 Å². The van der Waals surface area contributed by atoms with E-state index in [2.05, 4.69) is 5.32 Å². The van der Waals surface area contributed by atoms with E-state index >= 15 is 0 Å². The monoisotopic (exact) mass is 378 g/mol. The SMILES string of the molecule is CCCN(CC(=O)Nc1ccc(Cl)cc1Cl)C(=O)c1cccc(C)c1. The van der Waals surface area contributed by atoms with E-state index < -0.39 is 0 Å². The summed E-state index contributed by atoms with van der Waals surface area (Å²) < 4.78 is 0. The van der Waals surface area contributed by atoms with Crippen LogP contribution in [0, 0.1) is 6.92 Å². The number of benzene rings is 2. The molecular formula is C19H20Cl2N2O2. The Hall–Kier alpha value is -2.04. The van der Waals surface area contributed by atoms with Crippen LogP contribution in [-0.2, 0) is 4.79 Å². The van der Waals surface area contributed by atoms with Gasteiger partial charge >= 0.3 is 0 Å². The van der Waals surface area contributed by atoms with Crippen LogP contribution >= 0.6 is 23.2 Å². The first-order valence-electron chi connectivity index (χ1n) is 8.01. The molecule has 2 rings (SSSR count). The number of hydrogen-bond acceptors (Lipinski definition) is 2. The van der Waals surface area contributed by atoms with E-state index in [1.54, 1.807) is 24.3 Å². The Balaban J connectivity index is 2.09. The third-order valence-corrected chi connectivity index (χ3v) is 4.13. The molecule has 0 radical (unpaired) electrons. The smallest absolute Gasteiger partial charge is 0.254 e. The summed E-state index contributed by atoms with van der Waals surface area (Å²) in [7, 11) is 0. The van der Waals surface area contributed by atoms with Crippen LogP contribution in [0.3, 0.4) is 0 Å². The van der Waals surface area contributed by atoms with Gasteiger partial charge < -0.3 is 10.2 Å². The summed E-state index contributed by atoms with van der Waals surface area (Å²) in [5.41, 5.74) is 2.04. The molecule has 4 nitrogen and oxygen atoms in total. The van der Waals surface area contributed by atoms with Gasteiger partial charge in [0.2, 0.25) is 5.91 Å². The Morgan fingerprint density at radius 3 is 2.52 bits per heavy atom. The molecule has 2 aromatic rings. The fourth-order valence-corrected chi connectivity index (χ4v) is 2.89. The second-order valence-corrected chi connectivity index (χ2v) is 6.61. The number of anilines is 1. The molecule has 0 spiro atoms. The Kier molecular flexibility index (Phi) is 6.85. The van der Waals surface area contributed by atoms with Crippen molar-refractivity contribution in [2.75, 3.05) is 18.4 Å². The first-order valence-corrected chi connectivity index (χ1v) is 8.77. The quantitative estimate of drug-likeness (QED) is 0.784. The summed E-state index contributed by atoms with van der Waals surface area (Å²) in [6, 6.07) is 12.2. The molecule has 0 heterocycles. The van der Waals surface area contributed by atoms with Crippen LogP contribution in [0.25, 0.3) is 0 Å². The Morgan fingerprint density at radius 2 is 1.88 bits per heavy atom. The van der Waals surface area contributed by atoms with Crippen molar-refractivity contribution in [3.63, 3.8) is 0 Å². The standard InChI is InChI=1S/C19H20Cl2N2O2/c1-3-9-23(19(25)14-6-4-5-13(2)10-14)12-18(24)22-17-8-7-15(20)11-16(17)21/h4-8,10-11H,3,9,12H2,1-2H3,(H,22,24). The lowest BCUT2D eigenvalue weighted by molar-refractivity contribution is -0.116. The van der Waals surface area contributed by atoms with Crippen molar-refractivity contribution in [2.24, 2.45) is 0 Å². The van der Waals surface area contributed by atoms with Gasteiger partial charge in [-0.05, 0) is 43.7 Å². The molecule has 0 aliphatic heterocycles. The van der Waals surface area contributed by atoms with Gasteiger partial charge in [0, 0.05) is 17.1 Å². The molecule has 6 heteroatoms. The number of carbonyl (C=O) groups is 2. The first-order chi connectivity index (χ1) is 11.9. The number of rotatable bonds is 6.